The van der Waals surface area contributed by atoms with E-state index in [0.717, 1.165) is 24.8 Å². The lowest BCUT2D eigenvalue weighted by Gasteiger charge is -2.30. The minimum absolute atomic E-state index is 0.391. The summed E-state index contributed by atoms with van der Waals surface area (Å²) in [5, 5.41) is 0. The number of fused-ring (bicyclic) bond motifs is 1. The largest absolute Gasteiger partial charge is 0.354 e. The second kappa shape index (κ2) is 7.12. The smallest absolute Gasteiger partial charge is 0.147 e. The van der Waals surface area contributed by atoms with Crippen LogP contribution in [0.1, 0.15) is 25.3 Å². The molecule has 0 saturated carbocycles. The van der Waals surface area contributed by atoms with Crippen LogP contribution in [-0.4, -0.2) is 47.6 Å². The molecule has 1 aromatic heterocycles. The molecule has 4 heteroatoms. The van der Waals surface area contributed by atoms with Crippen LogP contribution in [0.5, 0.6) is 0 Å². The predicted octanol–water partition coefficient (Wildman–Crippen LogP) is 3.26. The summed E-state index contributed by atoms with van der Waals surface area (Å²) in [5.74, 6) is 1.78. The van der Waals surface area contributed by atoms with Gasteiger partial charge in [-0.15, -0.1) is 0 Å². The molecular weight excluding hydrogens is 308 g/mol. The maximum absolute atomic E-state index is 4.54. The van der Waals surface area contributed by atoms with Crippen molar-refractivity contribution in [2.45, 2.75) is 26.2 Å². The summed E-state index contributed by atoms with van der Waals surface area (Å²) in [6.45, 7) is 8.22. The Bertz CT molecular complexity index is 675. The van der Waals surface area contributed by atoms with Crippen molar-refractivity contribution in [2.24, 2.45) is 11.3 Å². The molecule has 0 radical (unpaired) electrons. The lowest BCUT2D eigenvalue weighted by atomic mass is 9.76. The highest BCUT2D eigenvalue weighted by molar-refractivity contribution is 5.39. The number of hydrogen-bond acceptors (Lipinski definition) is 4. The first kappa shape index (κ1) is 16.5. The fraction of sp³-hybridized carbons (Fsp3) is 0.524. The monoisotopic (exact) mass is 336 g/mol. The molecule has 2 atom stereocenters. The van der Waals surface area contributed by atoms with Crippen LogP contribution >= 0.6 is 0 Å². The third-order valence-corrected chi connectivity index (χ3v) is 6.00. The number of aryl methyl sites for hydroxylation is 1. The van der Waals surface area contributed by atoms with E-state index in [1.54, 1.807) is 6.20 Å². The fourth-order valence-electron chi connectivity index (χ4n) is 4.80. The zero-order valence-corrected chi connectivity index (χ0v) is 15.1. The zero-order valence-electron chi connectivity index (χ0n) is 15.1. The van der Waals surface area contributed by atoms with Gasteiger partial charge in [0.15, 0.2) is 0 Å². The summed E-state index contributed by atoms with van der Waals surface area (Å²) in [6, 6.07) is 10.9. The molecular formula is C21H28N4. The highest BCUT2D eigenvalue weighted by atomic mass is 15.3. The molecule has 2 aliphatic heterocycles. The molecule has 4 rings (SSSR count). The van der Waals surface area contributed by atoms with Gasteiger partial charge < -0.3 is 9.80 Å². The summed E-state index contributed by atoms with van der Waals surface area (Å²) in [4.78, 5) is 14.0. The van der Waals surface area contributed by atoms with Crippen LogP contribution in [0.15, 0.2) is 48.9 Å². The number of nitrogens with zero attached hydrogens (tertiary/aromatic N) is 4. The molecule has 2 saturated heterocycles. The van der Waals surface area contributed by atoms with Gasteiger partial charge in [0, 0.05) is 44.0 Å². The van der Waals surface area contributed by atoms with Gasteiger partial charge >= 0.3 is 0 Å². The van der Waals surface area contributed by atoms with Crippen LogP contribution in [0, 0.1) is 11.3 Å². The van der Waals surface area contributed by atoms with Gasteiger partial charge in [-0.25, -0.2) is 4.98 Å². The van der Waals surface area contributed by atoms with Crippen molar-refractivity contribution in [3.63, 3.8) is 0 Å². The van der Waals surface area contributed by atoms with E-state index in [2.05, 4.69) is 57.0 Å². The third-order valence-electron chi connectivity index (χ3n) is 6.00. The minimum atomic E-state index is 0.391. The van der Waals surface area contributed by atoms with Crippen molar-refractivity contribution in [1.82, 2.24) is 14.9 Å². The molecule has 2 aliphatic rings. The summed E-state index contributed by atoms with van der Waals surface area (Å²) >= 11 is 0. The number of likely N-dealkylation sites (tertiary alicyclic amines) is 1. The Morgan fingerprint density at radius 3 is 2.76 bits per heavy atom. The molecule has 4 nitrogen and oxygen atoms in total. The highest BCUT2D eigenvalue weighted by Crippen LogP contribution is 2.46. The molecule has 0 amide bonds. The van der Waals surface area contributed by atoms with Crippen molar-refractivity contribution >= 4 is 5.82 Å². The first-order valence-corrected chi connectivity index (χ1v) is 9.56. The van der Waals surface area contributed by atoms with Gasteiger partial charge in [0.2, 0.25) is 0 Å². The van der Waals surface area contributed by atoms with Crippen molar-refractivity contribution < 1.29 is 0 Å². The van der Waals surface area contributed by atoms with Crippen LogP contribution in [0.3, 0.4) is 0 Å². The molecule has 132 valence electrons. The molecule has 0 bridgehead atoms. The van der Waals surface area contributed by atoms with Crippen LogP contribution in [0.25, 0.3) is 0 Å². The van der Waals surface area contributed by atoms with Crippen molar-refractivity contribution in [2.75, 3.05) is 37.6 Å². The Labute approximate surface area is 150 Å². The molecule has 2 unspecified atom stereocenters. The predicted molar refractivity (Wildman–Crippen MR) is 102 cm³/mol. The first-order valence-electron chi connectivity index (χ1n) is 9.56. The van der Waals surface area contributed by atoms with E-state index in [9.17, 15) is 0 Å². The average molecular weight is 336 g/mol. The van der Waals surface area contributed by atoms with Crippen LogP contribution in [-0.2, 0) is 6.42 Å². The van der Waals surface area contributed by atoms with Gasteiger partial charge in [0.25, 0.3) is 0 Å². The number of aromatic nitrogens is 2. The molecule has 3 heterocycles. The maximum Gasteiger partial charge on any atom is 0.147 e. The van der Waals surface area contributed by atoms with Gasteiger partial charge in [-0.05, 0) is 37.3 Å². The van der Waals surface area contributed by atoms with E-state index >= 15 is 0 Å². The standard InChI is InChI=1S/C21H28N4/c1-2-12-24-14-19-15-25(20-13-22-10-11-23-20)17-21(19,16-24)9-8-18-6-4-3-5-7-18/h3-7,10-11,13,19H,2,8-9,12,14-17H2,1H3. The molecule has 0 aliphatic carbocycles. The third kappa shape index (κ3) is 3.40. The second-order valence-corrected chi connectivity index (χ2v) is 7.72. The van der Waals surface area contributed by atoms with E-state index in [-0.39, 0.29) is 0 Å². The van der Waals surface area contributed by atoms with E-state index in [0.29, 0.717) is 5.41 Å². The highest BCUT2D eigenvalue weighted by Gasteiger charge is 2.51. The quantitative estimate of drug-likeness (QED) is 0.810. The average Bonchev–Trinajstić information content (AvgIpc) is 3.16. The maximum atomic E-state index is 4.54. The molecule has 0 N–H and O–H groups in total. The molecule has 1 aromatic carbocycles. The normalized spacial score (nSPS) is 26.1. The molecule has 2 fully saturated rings. The van der Waals surface area contributed by atoms with Crippen LogP contribution < -0.4 is 4.90 Å². The van der Waals surface area contributed by atoms with Crippen LogP contribution in [0.4, 0.5) is 5.82 Å². The Morgan fingerprint density at radius 1 is 1.12 bits per heavy atom. The second-order valence-electron chi connectivity index (χ2n) is 7.72. The molecule has 0 spiro atoms. The Hall–Kier alpha value is -1.94. The number of anilines is 1. The first-order chi connectivity index (χ1) is 12.3. The van der Waals surface area contributed by atoms with Crippen molar-refractivity contribution in [3.8, 4) is 0 Å². The Morgan fingerprint density at radius 2 is 2.00 bits per heavy atom. The fourth-order valence-corrected chi connectivity index (χ4v) is 4.80. The minimum Gasteiger partial charge on any atom is -0.354 e. The SMILES string of the molecule is CCCN1CC2CN(c3cnccn3)CC2(CCc2ccccc2)C1. The van der Waals surface area contributed by atoms with Gasteiger partial charge in [0.1, 0.15) is 5.82 Å². The Balaban J connectivity index is 1.52. The van der Waals surface area contributed by atoms with Crippen molar-refractivity contribution in [1.29, 1.82) is 0 Å². The van der Waals surface area contributed by atoms with Crippen LogP contribution in [0.2, 0.25) is 0 Å². The van der Waals surface area contributed by atoms with Gasteiger partial charge in [-0.1, -0.05) is 37.3 Å². The lowest BCUT2D eigenvalue weighted by molar-refractivity contribution is 0.244. The molecule has 25 heavy (non-hydrogen) atoms. The lowest BCUT2D eigenvalue weighted by Crippen LogP contribution is -2.35. The van der Waals surface area contributed by atoms with E-state index in [4.69, 9.17) is 0 Å². The molecule has 2 aromatic rings. The van der Waals surface area contributed by atoms with E-state index in [1.165, 1.54) is 44.5 Å². The van der Waals surface area contributed by atoms with E-state index in [1.807, 2.05) is 12.4 Å². The number of hydrogen-bond donors (Lipinski definition) is 0. The van der Waals surface area contributed by atoms with Gasteiger partial charge in [-0.3, -0.25) is 4.98 Å². The summed E-state index contributed by atoms with van der Waals surface area (Å²) in [7, 11) is 0. The summed E-state index contributed by atoms with van der Waals surface area (Å²) < 4.78 is 0. The number of rotatable bonds is 6. The summed E-state index contributed by atoms with van der Waals surface area (Å²) in [6.07, 6.45) is 9.16. The van der Waals surface area contributed by atoms with Crippen molar-refractivity contribution in [3.05, 3.63) is 54.5 Å². The zero-order chi connectivity index (χ0) is 17.1. The Kier molecular flexibility index (Phi) is 4.71. The topological polar surface area (TPSA) is 32.3 Å². The van der Waals surface area contributed by atoms with Gasteiger partial charge in [-0.2, -0.15) is 0 Å². The van der Waals surface area contributed by atoms with E-state index < -0.39 is 0 Å². The van der Waals surface area contributed by atoms with Gasteiger partial charge in [0.05, 0.1) is 6.20 Å². The number of benzene rings is 1. The summed E-state index contributed by atoms with van der Waals surface area (Å²) in [5.41, 5.74) is 1.85.